The summed E-state index contributed by atoms with van der Waals surface area (Å²) in [5.41, 5.74) is 6.41. The number of aryl methyl sites for hydroxylation is 3. The Labute approximate surface area is 115 Å². The molecule has 100 valence electrons. The van der Waals surface area contributed by atoms with Gasteiger partial charge in [-0.3, -0.25) is 4.98 Å². The van der Waals surface area contributed by atoms with Crippen molar-refractivity contribution in [2.24, 2.45) is 0 Å². The highest BCUT2D eigenvalue weighted by atomic mass is 14.9. The number of benzene rings is 1. The number of pyridine rings is 1. The topological polar surface area (TPSA) is 24.9 Å². The van der Waals surface area contributed by atoms with Crippen LogP contribution in [0, 0.1) is 20.8 Å². The SMILES string of the molecule is CNC(Cc1ccc(C)cn1)c1c(C)cccc1C. The molecule has 2 rings (SSSR count). The first-order chi connectivity index (χ1) is 9.11. The molecule has 0 amide bonds. The molecule has 0 aliphatic heterocycles. The van der Waals surface area contributed by atoms with Crippen LogP contribution in [0.3, 0.4) is 0 Å². The molecule has 0 saturated heterocycles. The van der Waals surface area contributed by atoms with E-state index in [4.69, 9.17) is 0 Å². The second-order valence-corrected chi connectivity index (χ2v) is 5.18. The molecular formula is C17H22N2. The molecule has 2 nitrogen and oxygen atoms in total. The largest absolute Gasteiger partial charge is 0.313 e. The first-order valence-electron chi connectivity index (χ1n) is 6.76. The van der Waals surface area contributed by atoms with Crippen LogP contribution in [-0.2, 0) is 6.42 Å². The summed E-state index contributed by atoms with van der Waals surface area (Å²) in [7, 11) is 2.02. The Bertz CT molecular complexity index is 523. The highest BCUT2D eigenvalue weighted by Gasteiger charge is 2.15. The van der Waals surface area contributed by atoms with Gasteiger partial charge in [-0.2, -0.15) is 0 Å². The van der Waals surface area contributed by atoms with Crippen LogP contribution in [0.1, 0.15) is 34.0 Å². The fourth-order valence-corrected chi connectivity index (χ4v) is 2.55. The fourth-order valence-electron chi connectivity index (χ4n) is 2.55. The predicted molar refractivity (Wildman–Crippen MR) is 80.4 cm³/mol. The smallest absolute Gasteiger partial charge is 0.0422 e. The van der Waals surface area contributed by atoms with E-state index >= 15 is 0 Å². The Kier molecular flexibility index (Phi) is 4.33. The molecule has 1 aromatic carbocycles. The number of hydrogen-bond acceptors (Lipinski definition) is 2. The lowest BCUT2D eigenvalue weighted by atomic mass is 9.93. The normalized spacial score (nSPS) is 12.4. The zero-order chi connectivity index (χ0) is 13.8. The van der Waals surface area contributed by atoms with Gasteiger partial charge in [0.05, 0.1) is 0 Å². The van der Waals surface area contributed by atoms with Gasteiger partial charge in [-0.25, -0.2) is 0 Å². The lowest BCUT2D eigenvalue weighted by molar-refractivity contribution is 0.578. The fraction of sp³-hybridized carbons (Fsp3) is 0.353. The molecule has 0 saturated carbocycles. The predicted octanol–water partition coefficient (Wildman–Crippen LogP) is 3.51. The first-order valence-corrected chi connectivity index (χ1v) is 6.76. The minimum atomic E-state index is 0.316. The van der Waals surface area contributed by atoms with Crippen LogP contribution in [0.4, 0.5) is 0 Å². The summed E-state index contributed by atoms with van der Waals surface area (Å²) in [6.07, 6.45) is 2.86. The minimum Gasteiger partial charge on any atom is -0.313 e. The third-order valence-corrected chi connectivity index (χ3v) is 3.62. The molecule has 1 atom stereocenters. The van der Waals surface area contributed by atoms with E-state index in [2.05, 4.69) is 61.4 Å². The highest BCUT2D eigenvalue weighted by Crippen LogP contribution is 2.24. The van der Waals surface area contributed by atoms with E-state index in [9.17, 15) is 0 Å². The Morgan fingerprint density at radius 1 is 1.05 bits per heavy atom. The van der Waals surface area contributed by atoms with Crippen molar-refractivity contribution in [1.29, 1.82) is 0 Å². The number of nitrogens with one attached hydrogen (secondary N) is 1. The molecule has 2 aromatic rings. The lowest BCUT2D eigenvalue weighted by Crippen LogP contribution is -2.21. The number of aromatic nitrogens is 1. The number of hydrogen-bond donors (Lipinski definition) is 1. The van der Waals surface area contributed by atoms with Gasteiger partial charge in [-0.1, -0.05) is 24.3 Å². The molecule has 1 heterocycles. The molecule has 0 spiro atoms. The number of nitrogens with zero attached hydrogens (tertiary/aromatic N) is 1. The summed E-state index contributed by atoms with van der Waals surface area (Å²) >= 11 is 0. The van der Waals surface area contributed by atoms with Crippen molar-refractivity contribution in [2.75, 3.05) is 7.05 Å². The number of rotatable bonds is 4. The Morgan fingerprint density at radius 2 is 1.74 bits per heavy atom. The molecule has 1 N–H and O–H groups in total. The second kappa shape index (κ2) is 5.98. The van der Waals surface area contributed by atoms with Gasteiger partial charge < -0.3 is 5.32 Å². The van der Waals surface area contributed by atoms with Gasteiger partial charge in [0.25, 0.3) is 0 Å². The molecule has 1 aromatic heterocycles. The zero-order valence-electron chi connectivity index (χ0n) is 12.2. The van der Waals surface area contributed by atoms with Gasteiger partial charge in [0.1, 0.15) is 0 Å². The van der Waals surface area contributed by atoms with Gasteiger partial charge in [-0.05, 0) is 56.1 Å². The molecule has 19 heavy (non-hydrogen) atoms. The van der Waals surface area contributed by atoms with Crippen LogP contribution < -0.4 is 5.32 Å². The number of likely N-dealkylation sites (N-methyl/N-ethyl adjacent to an activating group) is 1. The monoisotopic (exact) mass is 254 g/mol. The van der Waals surface area contributed by atoms with E-state index in [-0.39, 0.29) is 0 Å². The maximum atomic E-state index is 4.51. The maximum Gasteiger partial charge on any atom is 0.0422 e. The molecule has 0 aliphatic rings. The second-order valence-electron chi connectivity index (χ2n) is 5.18. The van der Waals surface area contributed by atoms with Crippen molar-refractivity contribution < 1.29 is 0 Å². The molecule has 0 aliphatic carbocycles. The molecule has 1 unspecified atom stereocenters. The van der Waals surface area contributed by atoms with E-state index in [1.54, 1.807) is 0 Å². The van der Waals surface area contributed by atoms with Crippen molar-refractivity contribution >= 4 is 0 Å². The maximum absolute atomic E-state index is 4.51. The van der Waals surface area contributed by atoms with Crippen molar-refractivity contribution in [2.45, 2.75) is 33.2 Å². The molecular weight excluding hydrogens is 232 g/mol. The average molecular weight is 254 g/mol. The van der Waals surface area contributed by atoms with Gasteiger partial charge in [0.15, 0.2) is 0 Å². The van der Waals surface area contributed by atoms with Crippen molar-refractivity contribution in [3.8, 4) is 0 Å². The minimum absolute atomic E-state index is 0.316. The molecule has 0 radical (unpaired) electrons. The van der Waals surface area contributed by atoms with Crippen LogP contribution in [-0.4, -0.2) is 12.0 Å². The van der Waals surface area contributed by atoms with E-state index in [1.807, 2.05) is 13.2 Å². The summed E-state index contributed by atoms with van der Waals surface area (Å²) in [6, 6.07) is 11.0. The van der Waals surface area contributed by atoms with Crippen LogP contribution in [0.25, 0.3) is 0 Å². The van der Waals surface area contributed by atoms with Gasteiger partial charge in [-0.15, -0.1) is 0 Å². The quantitative estimate of drug-likeness (QED) is 0.903. The van der Waals surface area contributed by atoms with E-state index in [1.165, 1.54) is 22.3 Å². The summed E-state index contributed by atoms with van der Waals surface area (Å²) in [6.45, 7) is 6.42. The van der Waals surface area contributed by atoms with Gasteiger partial charge in [0, 0.05) is 24.4 Å². The molecule has 2 heteroatoms. The van der Waals surface area contributed by atoms with Crippen molar-refractivity contribution in [3.05, 3.63) is 64.5 Å². The summed E-state index contributed by atoms with van der Waals surface area (Å²) in [5.74, 6) is 0. The highest BCUT2D eigenvalue weighted by molar-refractivity contribution is 5.37. The van der Waals surface area contributed by atoms with E-state index in [0.717, 1.165) is 12.1 Å². The Morgan fingerprint density at radius 3 is 2.26 bits per heavy atom. The molecule has 0 bridgehead atoms. The van der Waals surface area contributed by atoms with Crippen LogP contribution >= 0.6 is 0 Å². The Balaban J connectivity index is 2.27. The van der Waals surface area contributed by atoms with Crippen molar-refractivity contribution in [3.63, 3.8) is 0 Å². The van der Waals surface area contributed by atoms with Crippen LogP contribution in [0.5, 0.6) is 0 Å². The third kappa shape index (κ3) is 3.21. The van der Waals surface area contributed by atoms with Gasteiger partial charge >= 0.3 is 0 Å². The summed E-state index contributed by atoms with van der Waals surface area (Å²) < 4.78 is 0. The summed E-state index contributed by atoms with van der Waals surface area (Å²) in [5, 5.41) is 3.42. The van der Waals surface area contributed by atoms with Crippen molar-refractivity contribution in [1.82, 2.24) is 10.3 Å². The Hall–Kier alpha value is -1.67. The third-order valence-electron chi connectivity index (χ3n) is 3.62. The summed E-state index contributed by atoms with van der Waals surface area (Å²) in [4.78, 5) is 4.51. The van der Waals surface area contributed by atoms with Crippen LogP contribution in [0.2, 0.25) is 0 Å². The van der Waals surface area contributed by atoms with E-state index in [0.29, 0.717) is 6.04 Å². The standard InChI is InChI=1S/C17H22N2/c1-12-8-9-15(19-11-12)10-16(18-4)17-13(2)6-5-7-14(17)3/h5-9,11,16,18H,10H2,1-4H3. The van der Waals surface area contributed by atoms with Crippen LogP contribution in [0.15, 0.2) is 36.5 Å². The molecule has 0 fully saturated rings. The average Bonchev–Trinajstić information content (AvgIpc) is 2.39. The lowest BCUT2D eigenvalue weighted by Gasteiger charge is -2.21. The zero-order valence-corrected chi connectivity index (χ0v) is 12.2. The van der Waals surface area contributed by atoms with Gasteiger partial charge in [0.2, 0.25) is 0 Å². The first kappa shape index (κ1) is 13.8. The van der Waals surface area contributed by atoms with E-state index < -0.39 is 0 Å².